The molecule has 0 bridgehead atoms. The van der Waals surface area contributed by atoms with Crippen LogP contribution in [-0.4, -0.2) is 31.5 Å². The fourth-order valence-electron chi connectivity index (χ4n) is 1.76. The Labute approximate surface area is 139 Å². The van der Waals surface area contributed by atoms with Gasteiger partial charge in [0.2, 0.25) is 0 Å². The van der Waals surface area contributed by atoms with Crippen molar-refractivity contribution in [3.8, 4) is 5.69 Å². The lowest BCUT2D eigenvalue weighted by Gasteiger charge is -2.06. The summed E-state index contributed by atoms with van der Waals surface area (Å²) in [6.07, 6.45) is 0. The van der Waals surface area contributed by atoms with Crippen LogP contribution in [0, 0.1) is 10.1 Å². The Morgan fingerprint density at radius 2 is 2.05 bits per heavy atom. The van der Waals surface area contributed by atoms with Crippen molar-refractivity contribution < 1.29 is 14.8 Å². The molecule has 22 heavy (non-hydrogen) atoms. The van der Waals surface area contributed by atoms with Crippen LogP contribution in [-0.2, 0) is 4.79 Å². The highest BCUT2D eigenvalue weighted by Crippen LogP contribution is 2.40. The number of para-hydroxylation sites is 1. The second-order valence-corrected chi connectivity index (χ2v) is 6.09. The monoisotopic (exact) mass is 361 g/mol. The van der Waals surface area contributed by atoms with E-state index < -0.39 is 15.7 Å². The lowest BCUT2D eigenvalue weighted by atomic mass is 10.3. The maximum atomic E-state index is 11.3. The first-order valence-corrected chi connectivity index (χ1v) is 7.73. The quantitative estimate of drug-likeness (QED) is 0.366. The second kappa shape index (κ2) is 6.99. The Hall–Kier alpha value is -1.77. The number of alkyl halides is 2. The first-order chi connectivity index (χ1) is 10.4. The van der Waals surface area contributed by atoms with Crippen molar-refractivity contribution in [2.75, 3.05) is 5.75 Å². The van der Waals surface area contributed by atoms with Crippen LogP contribution >= 0.6 is 35.0 Å². The molecule has 2 rings (SSSR count). The van der Waals surface area contributed by atoms with Gasteiger partial charge in [-0.05, 0) is 12.1 Å². The molecule has 2 aromatic rings. The summed E-state index contributed by atoms with van der Waals surface area (Å²) < 4.78 is 1.26. The summed E-state index contributed by atoms with van der Waals surface area (Å²) in [6, 6.07) is 8.60. The van der Waals surface area contributed by atoms with Crippen molar-refractivity contribution in [1.29, 1.82) is 0 Å². The van der Waals surface area contributed by atoms with E-state index >= 15 is 0 Å². The predicted octanol–water partition coefficient (Wildman–Crippen LogP) is 3.43. The molecule has 0 radical (unpaired) electrons. The minimum atomic E-state index is -1.19. The van der Waals surface area contributed by atoms with Gasteiger partial charge in [-0.25, -0.2) is 4.68 Å². The van der Waals surface area contributed by atoms with Crippen LogP contribution in [0.25, 0.3) is 5.69 Å². The van der Waals surface area contributed by atoms with E-state index in [0.29, 0.717) is 5.69 Å². The molecule has 1 heterocycles. The van der Waals surface area contributed by atoms with Crippen molar-refractivity contribution in [1.82, 2.24) is 9.78 Å². The number of rotatable bonds is 6. The van der Waals surface area contributed by atoms with Crippen molar-refractivity contribution >= 4 is 46.6 Å². The van der Waals surface area contributed by atoms with Gasteiger partial charge in [-0.2, -0.15) is 5.10 Å². The van der Waals surface area contributed by atoms with Crippen LogP contribution in [0.4, 0.5) is 5.69 Å². The molecule has 0 atom stereocenters. The van der Waals surface area contributed by atoms with E-state index in [2.05, 4.69) is 5.10 Å². The van der Waals surface area contributed by atoms with Gasteiger partial charge < -0.3 is 5.11 Å². The molecule has 0 aliphatic rings. The summed E-state index contributed by atoms with van der Waals surface area (Å²) >= 11 is 12.5. The molecule has 116 valence electrons. The van der Waals surface area contributed by atoms with Gasteiger partial charge in [0.25, 0.3) is 0 Å². The molecule has 1 aromatic carbocycles. The van der Waals surface area contributed by atoms with E-state index in [1.807, 2.05) is 0 Å². The smallest absolute Gasteiger partial charge is 0.327 e. The Kier molecular flexibility index (Phi) is 5.28. The molecule has 0 unspecified atom stereocenters. The molecule has 0 saturated carbocycles. The zero-order valence-electron chi connectivity index (χ0n) is 10.8. The molecular formula is C12H9Cl2N3O4S. The highest BCUT2D eigenvalue weighted by molar-refractivity contribution is 8.00. The SMILES string of the molecule is O=C(O)CSc1nn(-c2ccccc2)c(C(Cl)Cl)c1[N+](=O)[O-]. The summed E-state index contributed by atoms with van der Waals surface area (Å²) in [6.45, 7) is 0. The van der Waals surface area contributed by atoms with E-state index in [1.165, 1.54) is 4.68 Å². The van der Waals surface area contributed by atoms with Crippen LogP contribution < -0.4 is 0 Å². The molecule has 7 nitrogen and oxygen atoms in total. The van der Waals surface area contributed by atoms with Crippen LogP contribution in [0.15, 0.2) is 35.4 Å². The van der Waals surface area contributed by atoms with Gasteiger partial charge in [-0.15, -0.1) is 0 Å². The summed E-state index contributed by atoms with van der Waals surface area (Å²) in [5.74, 6) is -1.47. The maximum absolute atomic E-state index is 11.3. The highest BCUT2D eigenvalue weighted by atomic mass is 35.5. The van der Waals surface area contributed by atoms with Crippen molar-refractivity contribution in [3.05, 3.63) is 46.1 Å². The Morgan fingerprint density at radius 1 is 1.41 bits per heavy atom. The molecule has 0 aliphatic heterocycles. The zero-order chi connectivity index (χ0) is 16.3. The normalized spacial score (nSPS) is 10.9. The molecule has 0 amide bonds. The van der Waals surface area contributed by atoms with Crippen molar-refractivity contribution in [2.45, 2.75) is 9.86 Å². The molecule has 1 N–H and O–H groups in total. The molecule has 1 aromatic heterocycles. The number of nitrogens with zero attached hydrogens (tertiary/aromatic N) is 3. The van der Waals surface area contributed by atoms with E-state index in [-0.39, 0.29) is 22.2 Å². The van der Waals surface area contributed by atoms with E-state index in [4.69, 9.17) is 28.3 Å². The van der Waals surface area contributed by atoms with Gasteiger partial charge in [0, 0.05) is 0 Å². The first-order valence-electron chi connectivity index (χ1n) is 5.87. The molecule has 0 aliphatic carbocycles. The lowest BCUT2D eigenvalue weighted by molar-refractivity contribution is -0.388. The third-order valence-electron chi connectivity index (χ3n) is 2.59. The summed E-state index contributed by atoms with van der Waals surface area (Å²) in [7, 11) is 0. The van der Waals surface area contributed by atoms with Gasteiger partial charge >= 0.3 is 11.7 Å². The number of benzene rings is 1. The number of carboxylic acids is 1. The Balaban J connectivity index is 2.60. The predicted molar refractivity (Wildman–Crippen MR) is 83.0 cm³/mol. The van der Waals surface area contributed by atoms with Crippen molar-refractivity contribution in [2.24, 2.45) is 0 Å². The number of aromatic nitrogens is 2. The molecule has 0 spiro atoms. The standard InChI is InChI=1S/C12H9Cl2N3O4S/c13-11(14)9-10(17(20)21)12(22-6-8(18)19)15-16(9)7-4-2-1-3-5-7/h1-5,11H,6H2,(H,18,19). The van der Waals surface area contributed by atoms with E-state index in [9.17, 15) is 14.9 Å². The van der Waals surface area contributed by atoms with Gasteiger partial charge in [0.1, 0.15) is 0 Å². The third kappa shape index (κ3) is 3.52. The van der Waals surface area contributed by atoms with E-state index in [0.717, 1.165) is 11.8 Å². The second-order valence-electron chi connectivity index (χ2n) is 4.03. The number of nitro groups is 1. The summed E-state index contributed by atoms with van der Waals surface area (Å²) in [5.41, 5.74) is 0.145. The zero-order valence-corrected chi connectivity index (χ0v) is 13.2. The third-order valence-corrected chi connectivity index (χ3v) is 3.94. The maximum Gasteiger partial charge on any atom is 0.327 e. The molecule has 10 heteroatoms. The van der Waals surface area contributed by atoms with Crippen LogP contribution in [0.3, 0.4) is 0 Å². The number of carbonyl (C=O) groups is 1. The largest absolute Gasteiger partial charge is 0.481 e. The number of carboxylic acid groups (broad SMARTS) is 1. The lowest BCUT2D eigenvalue weighted by Crippen LogP contribution is -2.03. The van der Waals surface area contributed by atoms with Gasteiger partial charge in [0.15, 0.2) is 15.6 Å². The fourth-order valence-corrected chi connectivity index (χ4v) is 2.87. The average Bonchev–Trinajstić information content (AvgIpc) is 2.86. The van der Waals surface area contributed by atoms with Crippen LogP contribution in [0.5, 0.6) is 0 Å². The van der Waals surface area contributed by atoms with E-state index in [1.54, 1.807) is 30.3 Å². The van der Waals surface area contributed by atoms with Gasteiger partial charge in [-0.1, -0.05) is 53.2 Å². The van der Waals surface area contributed by atoms with Gasteiger partial charge in [-0.3, -0.25) is 14.9 Å². The number of hydrogen-bond acceptors (Lipinski definition) is 5. The number of hydrogen-bond donors (Lipinski definition) is 1. The minimum Gasteiger partial charge on any atom is -0.481 e. The van der Waals surface area contributed by atoms with Crippen LogP contribution in [0.2, 0.25) is 0 Å². The minimum absolute atomic E-state index is 0.00702. The molecule has 0 saturated heterocycles. The molecular weight excluding hydrogens is 353 g/mol. The number of halogens is 2. The molecule has 0 fully saturated rings. The highest BCUT2D eigenvalue weighted by Gasteiger charge is 2.32. The summed E-state index contributed by atoms with van der Waals surface area (Å²) in [4.78, 5) is 20.1. The Bertz CT molecular complexity index is 706. The fraction of sp³-hybridized carbons (Fsp3) is 0.167. The topological polar surface area (TPSA) is 98.3 Å². The average molecular weight is 362 g/mol. The number of aliphatic carboxylic acids is 1. The summed E-state index contributed by atoms with van der Waals surface area (Å²) in [5, 5.41) is 24.1. The van der Waals surface area contributed by atoms with Crippen LogP contribution in [0.1, 0.15) is 10.5 Å². The Morgan fingerprint density at radius 3 is 2.55 bits per heavy atom. The van der Waals surface area contributed by atoms with Gasteiger partial charge in [0.05, 0.1) is 16.4 Å². The van der Waals surface area contributed by atoms with Crippen molar-refractivity contribution in [3.63, 3.8) is 0 Å². The number of thioether (sulfide) groups is 1. The first kappa shape index (κ1) is 16.6.